The summed E-state index contributed by atoms with van der Waals surface area (Å²) in [5.41, 5.74) is 1.32. The highest BCUT2D eigenvalue weighted by molar-refractivity contribution is 5.44. The van der Waals surface area contributed by atoms with Crippen molar-refractivity contribution in [2.75, 3.05) is 25.1 Å². The van der Waals surface area contributed by atoms with Crippen molar-refractivity contribution < 1.29 is 38.2 Å². The first-order valence-electron chi connectivity index (χ1n) is 6.37. The minimum Gasteiger partial charge on any atom is -0.495 e. The van der Waals surface area contributed by atoms with Crippen molar-refractivity contribution in [2.45, 2.75) is 19.4 Å². The lowest BCUT2D eigenvalue weighted by Crippen LogP contribution is -2.68. The fraction of sp³-hybridized carbons (Fsp3) is 0.462. The Labute approximate surface area is 126 Å². The number of nitrogens with zero attached hydrogens (tertiary/aromatic N) is 2. The molecule has 8 heteroatoms. The van der Waals surface area contributed by atoms with Crippen LogP contribution in [0.2, 0.25) is 0 Å². The Bertz CT molecular complexity index is 435. The van der Waals surface area contributed by atoms with Gasteiger partial charge >= 0.3 is 0 Å². The summed E-state index contributed by atoms with van der Waals surface area (Å²) in [6, 6.07) is 4.32. The molecular weight excluding hydrogens is 300 g/mol. The molecule has 1 aliphatic heterocycles. The normalized spacial score (nSPS) is 14.4. The monoisotopic (exact) mass is 318 g/mol. The molecule has 0 aliphatic carbocycles. The lowest BCUT2D eigenvalue weighted by Gasteiger charge is -2.17. The zero-order valence-corrected chi connectivity index (χ0v) is 12.6. The van der Waals surface area contributed by atoms with Crippen molar-refractivity contribution in [3.63, 3.8) is 0 Å². The number of pyridine rings is 1. The van der Waals surface area contributed by atoms with Crippen LogP contribution >= 0.6 is 0 Å². The van der Waals surface area contributed by atoms with Gasteiger partial charge in [0.25, 0.3) is 0 Å². The molecule has 0 bridgehead atoms. The Kier molecular flexibility index (Phi) is 6.86. The maximum Gasteiger partial charge on any atom is 0.204 e. The van der Waals surface area contributed by atoms with Crippen molar-refractivity contribution >= 4 is 5.69 Å². The summed E-state index contributed by atoms with van der Waals surface area (Å²) >= 11 is 0. The summed E-state index contributed by atoms with van der Waals surface area (Å²) in [6.45, 7) is 6.91. The smallest absolute Gasteiger partial charge is 0.204 e. The second kappa shape index (κ2) is 8.16. The lowest BCUT2D eigenvalue weighted by atomic mass is 10.3. The molecule has 1 saturated heterocycles. The summed E-state index contributed by atoms with van der Waals surface area (Å²) in [5, 5.41) is 0. The van der Waals surface area contributed by atoms with Crippen LogP contribution in [0.15, 0.2) is 36.9 Å². The van der Waals surface area contributed by atoms with Gasteiger partial charge in [0.15, 0.2) is 18.2 Å². The van der Waals surface area contributed by atoms with Gasteiger partial charge in [-0.1, -0.05) is 6.58 Å². The number of ether oxygens (including phenoxy) is 1. The van der Waals surface area contributed by atoms with Crippen molar-refractivity contribution in [3.8, 4) is 0 Å². The van der Waals surface area contributed by atoms with Crippen LogP contribution in [0.3, 0.4) is 0 Å². The quantitative estimate of drug-likeness (QED) is 0.432. The number of halogens is 1. The van der Waals surface area contributed by atoms with E-state index in [0.29, 0.717) is 0 Å². The maximum atomic E-state index is 8.49. The Morgan fingerprint density at radius 2 is 1.71 bits per heavy atom. The molecule has 1 aliphatic rings. The number of hydrogen-bond donors (Lipinski definition) is 0. The molecule has 2 heterocycles. The summed E-state index contributed by atoms with van der Waals surface area (Å²) in [7, 11) is -3.29. The summed E-state index contributed by atoms with van der Waals surface area (Å²) in [5.74, 6) is 0.777. The lowest BCUT2D eigenvalue weighted by molar-refractivity contribution is -2.00. The number of rotatable bonds is 4. The SMILES string of the molecule is C=C(C[n+]1ccc(N2CCCC2)cc1)OC.[O-][Cl+3]([O-])([O-])[O-]. The highest BCUT2D eigenvalue weighted by atomic mass is 35.7. The van der Waals surface area contributed by atoms with E-state index in [1.54, 1.807) is 7.11 Å². The molecule has 7 nitrogen and oxygen atoms in total. The second-order valence-electron chi connectivity index (χ2n) is 4.54. The Balaban J connectivity index is 0.000000383. The van der Waals surface area contributed by atoms with E-state index in [1.807, 2.05) is 0 Å². The molecule has 0 spiro atoms. The number of hydrogen-bond acceptors (Lipinski definition) is 6. The molecule has 2 rings (SSSR count). The zero-order chi connectivity index (χ0) is 15.9. The van der Waals surface area contributed by atoms with E-state index in [1.165, 1.54) is 31.6 Å². The van der Waals surface area contributed by atoms with Gasteiger partial charge in [0.05, 0.1) is 7.11 Å². The molecule has 0 amide bonds. The predicted molar refractivity (Wildman–Crippen MR) is 64.2 cm³/mol. The first-order valence-corrected chi connectivity index (χ1v) is 7.60. The molecule has 0 N–H and O–H groups in total. The first kappa shape index (κ1) is 17.7. The predicted octanol–water partition coefficient (Wildman–Crippen LogP) is -3.02. The van der Waals surface area contributed by atoms with Gasteiger partial charge in [0.1, 0.15) is 0 Å². The average Bonchev–Trinajstić information content (AvgIpc) is 2.91. The van der Waals surface area contributed by atoms with Gasteiger partial charge in [-0.15, -0.1) is 10.2 Å². The van der Waals surface area contributed by atoms with Crippen molar-refractivity contribution in [1.29, 1.82) is 0 Å². The minimum atomic E-state index is -4.94. The van der Waals surface area contributed by atoms with E-state index in [-0.39, 0.29) is 0 Å². The van der Waals surface area contributed by atoms with Crippen LogP contribution in [0.4, 0.5) is 5.69 Å². The molecule has 1 fully saturated rings. The van der Waals surface area contributed by atoms with Gasteiger partial charge in [-0.2, -0.15) is 4.57 Å². The number of anilines is 1. The highest BCUT2D eigenvalue weighted by Gasteiger charge is 2.13. The van der Waals surface area contributed by atoms with Crippen LogP contribution in [-0.2, 0) is 11.3 Å². The molecule has 0 aromatic carbocycles. The van der Waals surface area contributed by atoms with E-state index < -0.39 is 10.2 Å². The van der Waals surface area contributed by atoms with Crippen LogP contribution in [0.5, 0.6) is 0 Å². The summed E-state index contributed by atoms with van der Waals surface area (Å²) < 4.78 is 41.1. The maximum absolute atomic E-state index is 8.49. The Morgan fingerprint density at radius 3 is 2.14 bits per heavy atom. The van der Waals surface area contributed by atoms with Crippen LogP contribution in [-0.4, -0.2) is 20.2 Å². The molecule has 21 heavy (non-hydrogen) atoms. The molecular formula is C13H19ClN2O5. The molecule has 1 aromatic rings. The van der Waals surface area contributed by atoms with E-state index in [9.17, 15) is 0 Å². The fourth-order valence-electron chi connectivity index (χ4n) is 2.01. The van der Waals surface area contributed by atoms with Gasteiger partial charge in [-0.05, 0) is 12.8 Å². The van der Waals surface area contributed by atoms with Crippen LogP contribution < -0.4 is 28.1 Å². The van der Waals surface area contributed by atoms with Crippen molar-refractivity contribution in [3.05, 3.63) is 36.9 Å². The van der Waals surface area contributed by atoms with Gasteiger partial charge in [0, 0.05) is 30.9 Å². The minimum absolute atomic E-state index is 0.719. The van der Waals surface area contributed by atoms with E-state index in [2.05, 4.69) is 40.6 Å². The highest BCUT2D eigenvalue weighted by Crippen LogP contribution is 2.17. The van der Waals surface area contributed by atoms with Gasteiger partial charge in [-0.3, -0.25) is 0 Å². The van der Waals surface area contributed by atoms with Gasteiger partial charge < -0.3 is 9.64 Å². The number of methoxy groups -OCH3 is 1. The standard InChI is InChI=1S/C13H19N2O.ClHO4/c1-12(16-2)11-14-9-5-13(6-10-14)15-7-3-4-8-15;2-1(3,4)5/h5-6,9-10H,1,3-4,7-8,11H2,2H3;(H,2,3,4,5)/q+1;/p-1. The van der Waals surface area contributed by atoms with Gasteiger partial charge in [-0.25, -0.2) is 18.6 Å². The third-order valence-corrected chi connectivity index (χ3v) is 2.99. The fourth-order valence-corrected chi connectivity index (χ4v) is 2.01. The molecule has 1 aromatic heterocycles. The number of allylic oxidation sites excluding steroid dienone is 1. The molecule has 118 valence electrons. The third-order valence-electron chi connectivity index (χ3n) is 2.99. The van der Waals surface area contributed by atoms with Crippen molar-refractivity contribution in [1.82, 2.24) is 0 Å². The van der Waals surface area contributed by atoms with Crippen molar-refractivity contribution in [2.24, 2.45) is 0 Å². The average molecular weight is 319 g/mol. The molecule has 0 atom stereocenters. The first-order chi connectivity index (χ1) is 9.79. The van der Waals surface area contributed by atoms with Crippen LogP contribution in [0, 0.1) is 10.2 Å². The second-order valence-corrected chi connectivity index (χ2v) is 5.30. The van der Waals surface area contributed by atoms with Crippen LogP contribution in [0.1, 0.15) is 12.8 Å². The zero-order valence-electron chi connectivity index (χ0n) is 11.9. The molecule has 0 saturated carbocycles. The largest absolute Gasteiger partial charge is 0.495 e. The Morgan fingerprint density at radius 1 is 1.24 bits per heavy atom. The van der Waals surface area contributed by atoms with E-state index in [0.717, 1.165) is 12.3 Å². The Hall–Kier alpha value is -1.38. The molecule has 0 unspecified atom stereocenters. The third kappa shape index (κ3) is 7.84. The van der Waals surface area contributed by atoms with Crippen LogP contribution in [0.25, 0.3) is 0 Å². The van der Waals surface area contributed by atoms with Gasteiger partial charge in [0.2, 0.25) is 6.54 Å². The topological polar surface area (TPSA) is 109 Å². The summed E-state index contributed by atoms with van der Waals surface area (Å²) in [4.78, 5) is 2.43. The summed E-state index contributed by atoms with van der Waals surface area (Å²) in [6.07, 6.45) is 6.79. The van der Waals surface area contributed by atoms with E-state index >= 15 is 0 Å². The van der Waals surface area contributed by atoms with E-state index in [4.69, 9.17) is 23.4 Å². The molecule has 0 radical (unpaired) electrons. The number of aromatic nitrogens is 1.